The number of benzene rings is 2. The number of halogens is 2. The van der Waals surface area contributed by atoms with Crippen LogP contribution in [0.15, 0.2) is 112 Å². The predicted octanol–water partition coefficient (Wildman–Crippen LogP) is 5.97. The van der Waals surface area contributed by atoms with Crippen LogP contribution >= 0.6 is 0 Å². The number of methoxy groups -OCH3 is 2. The van der Waals surface area contributed by atoms with Gasteiger partial charge in [-0.15, -0.1) is 5.73 Å². The minimum atomic E-state index is -1.27. The first-order valence-electron chi connectivity index (χ1n) is 13.7. The average molecular weight is 599 g/mol. The molecule has 2 aliphatic carbocycles. The lowest BCUT2D eigenvalue weighted by atomic mass is 9.98. The molecule has 10 heteroatoms. The maximum Gasteiger partial charge on any atom is 0.238 e. The quantitative estimate of drug-likeness (QED) is 0.148. The van der Waals surface area contributed by atoms with Crippen LogP contribution < -0.4 is 10.1 Å². The number of ether oxygens (including phenoxy) is 4. The summed E-state index contributed by atoms with van der Waals surface area (Å²) in [7, 11) is 3.07. The third kappa shape index (κ3) is 6.85. The normalized spacial score (nSPS) is 16.3. The first-order chi connectivity index (χ1) is 21.3. The van der Waals surface area contributed by atoms with Gasteiger partial charge >= 0.3 is 0 Å². The maximum atomic E-state index is 15.2. The van der Waals surface area contributed by atoms with Crippen LogP contribution in [0.25, 0.3) is 6.08 Å². The van der Waals surface area contributed by atoms with Gasteiger partial charge in [0.2, 0.25) is 17.6 Å². The van der Waals surface area contributed by atoms with Gasteiger partial charge in [0.1, 0.15) is 29.4 Å². The molecule has 2 aromatic rings. The summed E-state index contributed by atoms with van der Waals surface area (Å²) >= 11 is 0. The molecule has 0 atom stereocenters. The fourth-order valence-electron chi connectivity index (χ4n) is 4.39. The number of carbonyl (C=O) groups excluding carboxylic acids is 2. The summed E-state index contributed by atoms with van der Waals surface area (Å²) in [6.07, 6.45) is 9.95. The van der Waals surface area contributed by atoms with Crippen molar-refractivity contribution in [1.82, 2.24) is 0 Å². The summed E-state index contributed by atoms with van der Waals surface area (Å²) in [5, 5.41) is 2.53. The zero-order chi connectivity index (χ0) is 31.1. The Kier molecular flexibility index (Phi) is 9.17. The van der Waals surface area contributed by atoms with E-state index in [0.29, 0.717) is 54.3 Å². The lowest BCUT2D eigenvalue weighted by Gasteiger charge is -2.14. The fraction of sp³-hybridized carbons (Fsp3) is 0.206. The van der Waals surface area contributed by atoms with Crippen molar-refractivity contribution in [2.24, 2.45) is 10.4 Å². The minimum Gasteiger partial charge on any atom is -0.487 e. The number of hydrogen-bond donors (Lipinski definition) is 1. The second-order valence-electron chi connectivity index (χ2n) is 9.94. The fourth-order valence-corrected chi connectivity index (χ4v) is 4.39. The topological polar surface area (TPSA) is 95.5 Å². The number of amides is 1. The highest BCUT2D eigenvalue weighted by atomic mass is 19.1. The number of hydrogen-bond acceptors (Lipinski definition) is 7. The van der Waals surface area contributed by atoms with Crippen molar-refractivity contribution in [3.63, 3.8) is 0 Å². The molecule has 1 heterocycles. The molecule has 5 rings (SSSR count). The molecule has 1 aliphatic heterocycles. The summed E-state index contributed by atoms with van der Waals surface area (Å²) in [6.45, 7) is 0.671. The molecule has 2 aromatic carbocycles. The number of rotatable bonds is 11. The van der Waals surface area contributed by atoms with Crippen molar-refractivity contribution in [3.05, 3.63) is 124 Å². The molecule has 0 bridgehead atoms. The highest BCUT2D eigenvalue weighted by Gasteiger charge is 2.55. The lowest BCUT2D eigenvalue weighted by Crippen LogP contribution is -2.30. The second kappa shape index (κ2) is 13.4. The van der Waals surface area contributed by atoms with Crippen molar-refractivity contribution >= 4 is 29.4 Å². The average Bonchev–Trinajstić information content (AvgIpc) is 3.86. The van der Waals surface area contributed by atoms with E-state index >= 15 is 4.39 Å². The van der Waals surface area contributed by atoms with Crippen molar-refractivity contribution in [1.29, 1.82) is 0 Å². The van der Waals surface area contributed by atoms with Crippen LogP contribution in [0.4, 0.5) is 14.5 Å². The van der Waals surface area contributed by atoms with Gasteiger partial charge in [0.05, 0.1) is 31.2 Å². The monoisotopic (exact) mass is 598 g/mol. The molecule has 0 aromatic heterocycles. The highest BCUT2D eigenvalue weighted by molar-refractivity contribution is 6.18. The second-order valence-corrected chi connectivity index (χ2v) is 9.94. The zero-order valence-electron chi connectivity index (χ0n) is 24.0. The molecule has 0 radical (unpaired) electrons. The number of ketones is 1. The number of anilines is 1. The summed E-state index contributed by atoms with van der Waals surface area (Å²) in [5.74, 6) is -1.11. The van der Waals surface area contributed by atoms with E-state index in [1.54, 1.807) is 25.3 Å². The summed E-state index contributed by atoms with van der Waals surface area (Å²) < 4.78 is 50.5. The van der Waals surface area contributed by atoms with Gasteiger partial charge in [0.25, 0.3) is 0 Å². The van der Waals surface area contributed by atoms with Crippen molar-refractivity contribution in [3.8, 4) is 5.75 Å². The summed E-state index contributed by atoms with van der Waals surface area (Å²) in [4.78, 5) is 30.2. The predicted molar refractivity (Wildman–Crippen MR) is 159 cm³/mol. The minimum absolute atomic E-state index is 0.101. The van der Waals surface area contributed by atoms with E-state index in [1.165, 1.54) is 61.9 Å². The molecule has 224 valence electrons. The van der Waals surface area contributed by atoms with Crippen LogP contribution in [-0.2, 0) is 23.8 Å². The summed E-state index contributed by atoms with van der Waals surface area (Å²) in [6, 6.07) is 9.55. The Morgan fingerprint density at radius 2 is 1.86 bits per heavy atom. The highest BCUT2D eigenvalue weighted by Crippen LogP contribution is 2.48. The molecule has 0 unspecified atom stereocenters. The summed E-state index contributed by atoms with van der Waals surface area (Å²) in [5.41, 5.74) is 6.37. The van der Waals surface area contributed by atoms with Gasteiger partial charge in [-0.05, 0) is 72.5 Å². The Balaban J connectivity index is 1.29. The molecular formula is C34H28F2N2O6. The zero-order valence-corrected chi connectivity index (χ0v) is 24.0. The van der Waals surface area contributed by atoms with Gasteiger partial charge in [-0.25, -0.2) is 13.8 Å². The van der Waals surface area contributed by atoms with Gasteiger partial charge in [0.15, 0.2) is 11.5 Å². The van der Waals surface area contributed by atoms with Crippen LogP contribution in [0.3, 0.4) is 0 Å². The standard InChI is InChI=1S/C34H28F2N2O6/c1-41-18-19-43-30-20-23-4-3-17-37-32(26(23)11-13-29(30)42-2)44-25-10-12-28(27(36)21-25)38-33(40)34(15-16-34)31(39)14-7-22-5-8-24(35)9-6-22/h4-12,14,17,20-21H,15-16,18-19H2,1-2H3,(H,38,40)/b14-7+. The van der Waals surface area contributed by atoms with E-state index in [2.05, 4.69) is 21.8 Å². The number of carbonyl (C=O) groups is 2. The number of nitrogens with zero attached hydrogens (tertiary/aromatic N) is 1. The van der Waals surface area contributed by atoms with Crippen molar-refractivity contribution in [2.45, 2.75) is 12.8 Å². The number of nitrogens with one attached hydrogen (secondary N) is 1. The van der Waals surface area contributed by atoms with Crippen molar-refractivity contribution in [2.75, 3.05) is 32.8 Å². The van der Waals surface area contributed by atoms with Gasteiger partial charge in [-0.2, -0.15) is 0 Å². The van der Waals surface area contributed by atoms with Crippen LogP contribution in [0.2, 0.25) is 0 Å². The van der Waals surface area contributed by atoms with Gasteiger partial charge < -0.3 is 24.3 Å². The largest absolute Gasteiger partial charge is 0.487 e. The van der Waals surface area contributed by atoms with Gasteiger partial charge in [-0.1, -0.05) is 23.9 Å². The smallest absolute Gasteiger partial charge is 0.238 e. The Bertz CT molecular complexity index is 1730. The third-order valence-electron chi connectivity index (χ3n) is 7.00. The molecule has 0 saturated heterocycles. The maximum absolute atomic E-state index is 15.2. The van der Waals surface area contributed by atoms with Gasteiger partial charge in [-0.3, -0.25) is 9.59 Å². The molecule has 1 N–H and O–H groups in total. The first kappa shape index (κ1) is 30.2. The van der Waals surface area contributed by atoms with Crippen LogP contribution in [-0.4, -0.2) is 45.0 Å². The molecule has 1 saturated carbocycles. The van der Waals surface area contributed by atoms with E-state index in [0.717, 1.165) is 6.07 Å². The molecule has 44 heavy (non-hydrogen) atoms. The Hall–Kier alpha value is -5.27. The molecule has 1 amide bonds. The van der Waals surface area contributed by atoms with Crippen LogP contribution in [0, 0.1) is 17.0 Å². The lowest BCUT2D eigenvalue weighted by molar-refractivity contribution is -0.130. The molecule has 8 nitrogen and oxygen atoms in total. The number of allylic oxidation sites excluding steroid dienone is 4. The Morgan fingerprint density at radius 3 is 2.57 bits per heavy atom. The van der Waals surface area contributed by atoms with Crippen LogP contribution in [0.5, 0.6) is 5.75 Å². The molecule has 3 aliphatic rings. The SMILES string of the molecule is COCCOC1=CC2=C(C=C=C1OC)C(Oc1ccc(NC(=O)C3(C(=O)/C=C/c4ccc(F)cc4)CC3)c(F)c1)=NC=C=C2. The van der Waals surface area contributed by atoms with Crippen LogP contribution in [0.1, 0.15) is 18.4 Å². The third-order valence-corrected chi connectivity index (χ3v) is 7.00. The Morgan fingerprint density at radius 1 is 1.07 bits per heavy atom. The first-order valence-corrected chi connectivity index (χ1v) is 13.7. The number of aliphatic imine (C=N–C) groups is 1. The molecule has 1 fully saturated rings. The van der Waals surface area contributed by atoms with Gasteiger partial charge in [0, 0.05) is 13.2 Å². The van der Waals surface area contributed by atoms with E-state index in [4.69, 9.17) is 18.9 Å². The van der Waals surface area contributed by atoms with Crippen molar-refractivity contribution < 1.29 is 37.3 Å². The molecule has 0 spiro atoms. The molecular weight excluding hydrogens is 570 g/mol. The van der Waals surface area contributed by atoms with E-state index < -0.39 is 28.7 Å². The Labute approximate surface area is 252 Å². The van der Waals surface area contributed by atoms with E-state index in [9.17, 15) is 14.0 Å². The van der Waals surface area contributed by atoms with E-state index in [-0.39, 0.29) is 17.3 Å². The van der Waals surface area contributed by atoms with E-state index in [1.807, 2.05) is 0 Å².